The second-order valence-corrected chi connectivity index (χ2v) is 6.08. The smallest absolute Gasteiger partial charge is 0.134 e. The summed E-state index contributed by atoms with van der Waals surface area (Å²) in [4.78, 5) is 2.39. The molecule has 1 aliphatic carbocycles. The molecule has 2 rings (SSSR count). The molecule has 1 fully saturated rings. The minimum atomic E-state index is 0.897. The molecule has 0 aliphatic heterocycles. The molecule has 5 heteroatoms. The molecule has 1 aromatic rings. The largest absolute Gasteiger partial charge is 0.374 e. The van der Waals surface area contributed by atoms with Crippen LogP contribution in [0.3, 0.4) is 0 Å². The topological polar surface area (TPSA) is 41.1 Å². The minimum Gasteiger partial charge on any atom is -0.374 e. The van der Waals surface area contributed by atoms with Crippen LogP contribution in [-0.4, -0.2) is 34.6 Å². The van der Waals surface area contributed by atoms with Gasteiger partial charge in [-0.1, -0.05) is 24.3 Å². The third kappa shape index (κ3) is 3.92. The van der Waals surface area contributed by atoms with Crippen LogP contribution >= 0.6 is 11.5 Å². The predicted octanol–water partition coefficient (Wildman–Crippen LogP) is 2.98. The highest BCUT2D eigenvalue weighted by molar-refractivity contribution is 7.10. The lowest BCUT2D eigenvalue weighted by molar-refractivity contribution is 0.269. The third-order valence-electron chi connectivity index (χ3n) is 3.56. The molecule has 1 aromatic heterocycles. The molecule has 0 radical (unpaired) electrons. The van der Waals surface area contributed by atoms with E-state index in [1.807, 2.05) is 0 Å². The molecule has 1 N–H and O–H groups in total. The molecule has 0 aromatic carbocycles. The van der Waals surface area contributed by atoms with E-state index in [4.69, 9.17) is 0 Å². The van der Waals surface area contributed by atoms with Gasteiger partial charge in [-0.2, -0.15) is 0 Å². The summed E-state index contributed by atoms with van der Waals surface area (Å²) in [6.07, 6.45) is 6.77. The minimum absolute atomic E-state index is 0.897. The molecule has 0 bridgehead atoms. The summed E-state index contributed by atoms with van der Waals surface area (Å²) in [5.74, 6) is 0.897. The zero-order chi connectivity index (χ0) is 12.8. The normalized spacial score (nSPS) is 16.6. The Labute approximate surface area is 114 Å². The van der Waals surface area contributed by atoms with Crippen molar-refractivity contribution in [2.75, 3.05) is 25.5 Å². The van der Waals surface area contributed by atoms with E-state index in [0.717, 1.165) is 36.1 Å². The Balaban J connectivity index is 1.81. The van der Waals surface area contributed by atoms with E-state index in [-0.39, 0.29) is 0 Å². The molecule has 0 saturated heterocycles. The first kappa shape index (κ1) is 13.7. The summed E-state index contributed by atoms with van der Waals surface area (Å²) < 4.78 is 4.06. The lowest BCUT2D eigenvalue weighted by Crippen LogP contribution is -2.24. The van der Waals surface area contributed by atoms with Crippen LogP contribution in [0.25, 0.3) is 0 Å². The summed E-state index contributed by atoms with van der Waals surface area (Å²) in [7, 11) is 2.20. The van der Waals surface area contributed by atoms with Crippen LogP contribution in [0.2, 0.25) is 0 Å². The maximum absolute atomic E-state index is 4.25. The van der Waals surface area contributed by atoms with Crippen molar-refractivity contribution in [3.05, 3.63) is 5.69 Å². The molecule has 18 heavy (non-hydrogen) atoms. The van der Waals surface area contributed by atoms with Gasteiger partial charge in [-0.3, -0.25) is 0 Å². The van der Waals surface area contributed by atoms with Gasteiger partial charge in [0, 0.05) is 31.2 Å². The highest BCUT2D eigenvalue weighted by Gasteiger charge is 2.18. The Morgan fingerprint density at radius 1 is 1.39 bits per heavy atom. The second kappa shape index (κ2) is 7.04. The Hall–Kier alpha value is -0.680. The van der Waals surface area contributed by atoms with Gasteiger partial charge in [0.05, 0.1) is 0 Å². The number of aromatic nitrogens is 2. The Kier molecular flexibility index (Phi) is 5.38. The van der Waals surface area contributed by atoms with Gasteiger partial charge in [0.1, 0.15) is 10.7 Å². The number of nitrogens with zero attached hydrogens (tertiary/aromatic N) is 3. The predicted molar refractivity (Wildman–Crippen MR) is 77.0 cm³/mol. The van der Waals surface area contributed by atoms with Crippen molar-refractivity contribution in [1.82, 2.24) is 14.5 Å². The lowest BCUT2D eigenvalue weighted by atomic mass is 10.1. The van der Waals surface area contributed by atoms with Crippen molar-refractivity contribution in [2.24, 2.45) is 5.92 Å². The van der Waals surface area contributed by atoms with Gasteiger partial charge >= 0.3 is 0 Å². The van der Waals surface area contributed by atoms with Crippen molar-refractivity contribution < 1.29 is 0 Å². The fourth-order valence-electron chi connectivity index (χ4n) is 2.64. The zero-order valence-electron chi connectivity index (χ0n) is 11.5. The summed E-state index contributed by atoms with van der Waals surface area (Å²) in [5, 5.41) is 8.81. The summed E-state index contributed by atoms with van der Waals surface area (Å²) in [6.45, 7) is 5.29. The van der Waals surface area contributed by atoms with Crippen molar-refractivity contribution in [3.8, 4) is 0 Å². The Morgan fingerprint density at radius 2 is 2.17 bits per heavy atom. The van der Waals surface area contributed by atoms with E-state index in [1.54, 1.807) is 0 Å². The number of hydrogen-bond donors (Lipinski definition) is 1. The molecule has 1 aliphatic rings. The van der Waals surface area contributed by atoms with E-state index < -0.39 is 0 Å². The summed E-state index contributed by atoms with van der Waals surface area (Å²) in [6, 6.07) is 0. The van der Waals surface area contributed by atoms with Gasteiger partial charge in [-0.15, -0.1) is 5.10 Å². The summed E-state index contributed by atoms with van der Waals surface area (Å²) in [5.41, 5.74) is 1.11. The van der Waals surface area contributed by atoms with Crippen LogP contribution < -0.4 is 5.32 Å². The fourth-order valence-corrected chi connectivity index (χ4v) is 3.24. The van der Waals surface area contributed by atoms with E-state index in [9.17, 15) is 0 Å². The maximum atomic E-state index is 4.25. The van der Waals surface area contributed by atoms with E-state index in [2.05, 4.69) is 33.8 Å². The molecular formula is C13H24N4S. The van der Waals surface area contributed by atoms with Gasteiger partial charge in [0.15, 0.2) is 0 Å². The summed E-state index contributed by atoms with van der Waals surface area (Å²) >= 11 is 1.48. The molecule has 4 nitrogen and oxygen atoms in total. The Morgan fingerprint density at radius 3 is 2.89 bits per heavy atom. The molecule has 0 spiro atoms. The molecular weight excluding hydrogens is 244 g/mol. The van der Waals surface area contributed by atoms with E-state index in [0.29, 0.717) is 0 Å². The molecule has 102 valence electrons. The first-order valence-electron chi connectivity index (χ1n) is 7.03. The highest BCUT2D eigenvalue weighted by atomic mass is 32.1. The molecule has 1 heterocycles. The average Bonchev–Trinajstić information content (AvgIpc) is 2.98. The van der Waals surface area contributed by atoms with Crippen LogP contribution in [0, 0.1) is 5.92 Å². The number of rotatable bonds is 7. The van der Waals surface area contributed by atoms with Gasteiger partial charge < -0.3 is 10.2 Å². The van der Waals surface area contributed by atoms with Crippen LogP contribution in [0.1, 0.15) is 44.7 Å². The maximum Gasteiger partial charge on any atom is 0.134 e. The molecule has 0 amide bonds. The Bertz CT molecular complexity index is 347. The zero-order valence-corrected chi connectivity index (χ0v) is 12.3. The lowest BCUT2D eigenvalue weighted by Gasteiger charge is -2.20. The van der Waals surface area contributed by atoms with Gasteiger partial charge in [-0.05, 0) is 32.2 Å². The van der Waals surface area contributed by atoms with Crippen LogP contribution in [0.5, 0.6) is 0 Å². The van der Waals surface area contributed by atoms with Crippen molar-refractivity contribution in [1.29, 1.82) is 0 Å². The van der Waals surface area contributed by atoms with Crippen molar-refractivity contribution >= 4 is 16.5 Å². The van der Waals surface area contributed by atoms with Crippen molar-refractivity contribution in [3.63, 3.8) is 0 Å². The van der Waals surface area contributed by atoms with Crippen LogP contribution in [0.4, 0.5) is 5.00 Å². The molecule has 0 unspecified atom stereocenters. The third-order valence-corrected chi connectivity index (χ3v) is 4.28. The quantitative estimate of drug-likeness (QED) is 0.825. The highest BCUT2D eigenvalue weighted by Crippen LogP contribution is 2.26. The number of anilines is 1. The van der Waals surface area contributed by atoms with E-state index in [1.165, 1.54) is 43.8 Å². The monoisotopic (exact) mass is 268 g/mol. The number of hydrogen-bond acceptors (Lipinski definition) is 5. The van der Waals surface area contributed by atoms with Crippen LogP contribution in [-0.2, 0) is 6.54 Å². The van der Waals surface area contributed by atoms with Gasteiger partial charge in [0.2, 0.25) is 0 Å². The molecule has 1 saturated carbocycles. The second-order valence-electron chi connectivity index (χ2n) is 5.32. The van der Waals surface area contributed by atoms with Crippen molar-refractivity contribution in [2.45, 2.75) is 45.6 Å². The standard InChI is InChI=1S/C13H24N4S/c1-3-8-14-13-12(15-16-18-13)10-17(2)9-11-6-4-5-7-11/h11,14H,3-10H2,1-2H3. The van der Waals surface area contributed by atoms with E-state index >= 15 is 0 Å². The van der Waals surface area contributed by atoms with Gasteiger partial charge in [-0.25, -0.2) is 0 Å². The van der Waals surface area contributed by atoms with Gasteiger partial charge in [0.25, 0.3) is 0 Å². The fraction of sp³-hybridized carbons (Fsp3) is 0.846. The average molecular weight is 268 g/mol. The van der Waals surface area contributed by atoms with Crippen LogP contribution in [0.15, 0.2) is 0 Å². The first-order valence-corrected chi connectivity index (χ1v) is 7.80. The SMILES string of the molecule is CCCNc1snnc1CN(C)CC1CCCC1. The molecule has 0 atom stereocenters. The first-order chi connectivity index (χ1) is 8.79. The number of nitrogens with one attached hydrogen (secondary N) is 1.